The van der Waals surface area contributed by atoms with Gasteiger partial charge in [-0.3, -0.25) is 0 Å². The molecule has 12 heteroatoms. The Balaban J connectivity index is 0.000000426. The number of aliphatic hydroxyl groups is 3. The lowest BCUT2D eigenvalue weighted by Crippen LogP contribution is -1.93. The van der Waals surface area contributed by atoms with Gasteiger partial charge >= 0.3 is 0 Å². The summed E-state index contributed by atoms with van der Waals surface area (Å²) >= 11 is 28.9. The zero-order chi connectivity index (χ0) is 54.1. The van der Waals surface area contributed by atoms with E-state index in [1.807, 2.05) is 88.4 Å². The summed E-state index contributed by atoms with van der Waals surface area (Å²) in [6, 6.07) is 34.2. The number of benzene rings is 6. The largest absolute Gasteiger partial charge is 0.496 e. The summed E-state index contributed by atoms with van der Waals surface area (Å²) in [4.78, 5) is 0. The molecule has 5 nitrogen and oxygen atoms in total. The zero-order valence-corrected chi connectivity index (χ0v) is 47.1. The van der Waals surface area contributed by atoms with E-state index in [0.717, 1.165) is 44.2 Å². The molecule has 3 N–H and O–H groups in total. The van der Waals surface area contributed by atoms with Gasteiger partial charge in [-0.2, -0.15) is 5.26 Å². The fourth-order valence-electron chi connectivity index (χ4n) is 6.34. The minimum Gasteiger partial charge on any atom is -0.496 e. The van der Waals surface area contributed by atoms with Crippen LogP contribution in [0.25, 0.3) is 0 Å². The third kappa shape index (κ3) is 23.9. The van der Waals surface area contributed by atoms with Crippen LogP contribution in [0.1, 0.15) is 174 Å². The van der Waals surface area contributed by atoms with Gasteiger partial charge in [-0.15, -0.1) is 0 Å². The molecule has 71 heavy (non-hydrogen) atoms. The van der Waals surface area contributed by atoms with Crippen LogP contribution in [0.2, 0.25) is 25.1 Å². The molecule has 0 aliphatic rings. The summed E-state index contributed by atoms with van der Waals surface area (Å²) in [5.41, 5.74) is 9.48. The van der Waals surface area contributed by atoms with Crippen LogP contribution in [0.4, 0.5) is 8.78 Å². The maximum atomic E-state index is 13.0. The van der Waals surface area contributed by atoms with E-state index in [1.54, 1.807) is 43.5 Å². The number of hydrogen-bond donors (Lipinski definition) is 3. The fourth-order valence-corrected chi connectivity index (χ4v) is 7.41. The topological polar surface area (TPSA) is 93.7 Å². The number of methoxy groups -OCH3 is 1. The van der Waals surface area contributed by atoms with Crippen molar-refractivity contribution in [3.8, 4) is 11.8 Å². The summed E-state index contributed by atoms with van der Waals surface area (Å²) in [5.74, 6) is 2.73. The molecule has 0 saturated heterocycles. The van der Waals surface area contributed by atoms with Crippen molar-refractivity contribution in [1.29, 1.82) is 5.26 Å². The molecule has 0 aromatic heterocycles. The second-order valence-corrected chi connectivity index (χ2v) is 20.6. The predicted octanol–water partition coefficient (Wildman–Crippen LogP) is 18.8. The zero-order valence-electron chi connectivity index (χ0n) is 43.3. The fraction of sp³-hybridized carbons (Fsp3) is 0.373. The third-order valence-electron chi connectivity index (χ3n) is 10.7. The summed E-state index contributed by atoms with van der Waals surface area (Å²) in [6.45, 7) is 24.8. The molecule has 0 spiro atoms. The number of aliphatic hydroxyl groups excluding tert-OH is 3. The Bertz CT molecular complexity index is 2570. The molecular formula is C59H72Cl5F2NO4. The first-order chi connectivity index (χ1) is 33.3. The molecule has 0 amide bonds. The second kappa shape index (κ2) is 33.5. The minimum absolute atomic E-state index is 0.00472. The molecule has 6 rings (SSSR count). The van der Waals surface area contributed by atoms with E-state index in [2.05, 4.69) is 61.5 Å². The predicted molar refractivity (Wildman–Crippen MR) is 297 cm³/mol. The van der Waals surface area contributed by atoms with E-state index in [-0.39, 0.29) is 42.4 Å². The van der Waals surface area contributed by atoms with Gasteiger partial charge in [-0.05, 0) is 164 Å². The Kier molecular flexibility index (Phi) is 30.6. The van der Waals surface area contributed by atoms with Gasteiger partial charge in [0.05, 0.1) is 43.6 Å². The summed E-state index contributed by atoms with van der Waals surface area (Å²) in [6.07, 6.45) is 0. The molecular weight excluding hydrogens is 1000 g/mol. The Morgan fingerprint density at radius 1 is 0.451 bits per heavy atom. The number of halogens is 7. The maximum Gasteiger partial charge on any atom is 0.141 e. The van der Waals surface area contributed by atoms with Crippen molar-refractivity contribution >= 4 is 58.0 Å². The quantitative estimate of drug-likeness (QED) is 0.127. The van der Waals surface area contributed by atoms with Crippen LogP contribution in [0.15, 0.2) is 109 Å². The normalized spacial score (nSPS) is 10.5. The van der Waals surface area contributed by atoms with Gasteiger partial charge in [-0.1, -0.05) is 171 Å². The first-order valence-electron chi connectivity index (χ1n) is 23.5. The minimum atomic E-state index is -0.351. The third-order valence-corrected chi connectivity index (χ3v) is 12.1. The standard InChI is InChI=1S/C11H13NO.3C10H13ClO.2C9H10ClF/c1-8(2)11-4-9(6-12)3-10(5-11)7-13;1-7(2)9-3-8(6-12)4-10(11)5-9;1-7(2)9-6-8(11)4-5-10(9)12-3;1-7(2)8-3-4-9(6-12)10(11)5-8;1-6(2)8-5-7(10)3-4-9(8)11;1-6(2)7-3-4-9(11)8(10)5-7/h3-5,8,13H,7H2,1-2H3;3-5,7,12H,6H2,1-2H3;4-7H,1-3H3;3-5,7,12H,6H2,1-2H3;2*3-6H,1-2H3. The smallest absolute Gasteiger partial charge is 0.141 e. The van der Waals surface area contributed by atoms with E-state index in [4.69, 9.17) is 83.3 Å². The van der Waals surface area contributed by atoms with Crippen LogP contribution < -0.4 is 4.74 Å². The van der Waals surface area contributed by atoms with Crippen molar-refractivity contribution in [3.05, 3.63) is 202 Å². The first-order valence-corrected chi connectivity index (χ1v) is 25.4. The molecule has 6 aromatic rings. The first kappa shape index (κ1) is 64.8. The van der Waals surface area contributed by atoms with Crippen LogP contribution in [-0.2, 0) is 19.8 Å². The Morgan fingerprint density at radius 3 is 1.32 bits per heavy atom. The number of nitriles is 1. The van der Waals surface area contributed by atoms with Gasteiger partial charge < -0.3 is 20.1 Å². The number of rotatable bonds is 10. The van der Waals surface area contributed by atoms with Crippen LogP contribution >= 0.6 is 58.0 Å². The second-order valence-electron chi connectivity index (χ2n) is 18.4. The van der Waals surface area contributed by atoms with Crippen LogP contribution in [-0.4, -0.2) is 22.4 Å². The van der Waals surface area contributed by atoms with Crippen molar-refractivity contribution < 1.29 is 28.8 Å². The van der Waals surface area contributed by atoms with Crippen molar-refractivity contribution in [3.63, 3.8) is 0 Å². The van der Waals surface area contributed by atoms with Crippen molar-refractivity contribution in [2.75, 3.05) is 7.11 Å². The molecule has 0 unspecified atom stereocenters. The van der Waals surface area contributed by atoms with Gasteiger partial charge in [0.25, 0.3) is 0 Å². The Hall–Kier alpha value is -4.20. The highest BCUT2D eigenvalue weighted by Crippen LogP contribution is 2.29. The highest BCUT2D eigenvalue weighted by atomic mass is 35.5. The Labute approximate surface area is 448 Å². The van der Waals surface area contributed by atoms with Crippen molar-refractivity contribution in [2.45, 2.75) is 138 Å². The molecule has 0 atom stereocenters. The monoisotopic (exact) mass is 1070 g/mol. The molecule has 0 bridgehead atoms. The van der Waals surface area contributed by atoms with E-state index in [1.165, 1.54) is 23.3 Å². The summed E-state index contributed by atoms with van der Waals surface area (Å²) in [5, 5.41) is 38.4. The lowest BCUT2D eigenvalue weighted by molar-refractivity contribution is 0.281. The van der Waals surface area contributed by atoms with Gasteiger partial charge in [0.2, 0.25) is 0 Å². The van der Waals surface area contributed by atoms with Crippen molar-refractivity contribution in [1.82, 2.24) is 0 Å². The molecule has 6 aromatic carbocycles. The van der Waals surface area contributed by atoms with E-state index in [0.29, 0.717) is 55.8 Å². The molecule has 0 radical (unpaired) electrons. The average molecular weight is 1070 g/mol. The molecule has 386 valence electrons. The summed E-state index contributed by atoms with van der Waals surface area (Å²) < 4.78 is 30.8. The van der Waals surface area contributed by atoms with Crippen LogP contribution in [0.3, 0.4) is 0 Å². The number of nitrogens with zero attached hydrogens (tertiary/aromatic N) is 1. The van der Waals surface area contributed by atoms with Gasteiger partial charge in [0.1, 0.15) is 17.4 Å². The molecule has 0 saturated carbocycles. The number of hydrogen-bond acceptors (Lipinski definition) is 5. The van der Waals surface area contributed by atoms with Gasteiger partial charge in [0.15, 0.2) is 0 Å². The van der Waals surface area contributed by atoms with Crippen LogP contribution in [0, 0.1) is 23.0 Å². The molecule has 0 aliphatic heterocycles. The van der Waals surface area contributed by atoms with Gasteiger partial charge in [0, 0.05) is 20.1 Å². The van der Waals surface area contributed by atoms with E-state index >= 15 is 0 Å². The average Bonchev–Trinajstić information content (AvgIpc) is 3.33. The summed E-state index contributed by atoms with van der Waals surface area (Å²) in [7, 11) is 1.68. The van der Waals surface area contributed by atoms with Gasteiger partial charge in [-0.25, -0.2) is 8.78 Å². The van der Waals surface area contributed by atoms with Crippen LogP contribution in [0.5, 0.6) is 5.75 Å². The van der Waals surface area contributed by atoms with E-state index < -0.39 is 0 Å². The maximum absolute atomic E-state index is 13.0. The van der Waals surface area contributed by atoms with Crippen molar-refractivity contribution in [2.24, 2.45) is 0 Å². The molecule has 0 heterocycles. The molecule has 0 aliphatic carbocycles. The number of ether oxygens (including phenoxy) is 1. The highest BCUT2D eigenvalue weighted by Gasteiger charge is 2.09. The molecule has 0 fully saturated rings. The SMILES string of the molecule is CC(C)c1cc(C#N)cc(CO)c1.CC(C)c1cc(Cl)cc(CO)c1.CC(C)c1cc(Cl)ccc1F.CC(C)c1ccc(CO)c(Cl)c1.CC(C)c1ccc(F)c(Cl)c1.COc1ccc(Cl)cc1C(C)C. The lowest BCUT2D eigenvalue weighted by Gasteiger charge is -2.11. The lowest BCUT2D eigenvalue weighted by atomic mass is 9.98. The van der Waals surface area contributed by atoms with E-state index in [9.17, 15) is 8.78 Å². The Morgan fingerprint density at radius 2 is 0.901 bits per heavy atom. The highest BCUT2D eigenvalue weighted by molar-refractivity contribution is 6.32.